The van der Waals surface area contributed by atoms with Crippen LogP contribution < -0.4 is 10.2 Å². The molecule has 1 aromatic heterocycles. The Hall–Kier alpha value is -3.19. The van der Waals surface area contributed by atoms with E-state index in [4.69, 9.17) is 4.74 Å². The summed E-state index contributed by atoms with van der Waals surface area (Å²) in [7, 11) is 0. The molecule has 1 saturated heterocycles. The van der Waals surface area contributed by atoms with Gasteiger partial charge in [0, 0.05) is 41.7 Å². The second kappa shape index (κ2) is 7.20. The zero-order valence-electron chi connectivity index (χ0n) is 17.5. The van der Waals surface area contributed by atoms with Crippen LogP contribution in [0.5, 0.6) is 0 Å². The third-order valence-corrected chi connectivity index (χ3v) is 6.04. The number of aliphatic hydroxyl groups is 1. The van der Waals surface area contributed by atoms with E-state index >= 15 is 0 Å². The van der Waals surface area contributed by atoms with Crippen LogP contribution in [0.2, 0.25) is 0 Å². The second-order valence-electron chi connectivity index (χ2n) is 8.70. The van der Waals surface area contributed by atoms with Crippen molar-refractivity contribution in [2.45, 2.75) is 38.4 Å². The van der Waals surface area contributed by atoms with Gasteiger partial charge < -0.3 is 20.1 Å². The molecule has 1 fully saturated rings. The molecule has 3 aliphatic rings. The second-order valence-corrected chi connectivity index (χ2v) is 8.70. The number of amides is 1. The topological polar surface area (TPSA) is 74.7 Å². The molecule has 0 aliphatic carbocycles. The summed E-state index contributed by atoms with van der Waals surface area (Å²) in [5.74, 6) is 0.543. The molecule has 1 atom stereocenters. The number of pyridine rings is 1. The Morgan fingerprint density at radius 1 is 1.29 bits per heavy atom. The fourth-order valence-corrected chi connectivity index (χ4v) is 4.50. The number of β-amino-alcohol motifs (C(OH)–C–C–N with tert-alkyl or cyclic N) is 1. The Kier molecular flexibility index (Phi) is 4.59. The third-order valence-electron chi connectivity index (χ3n) is 6.04. The number of carbonyl (C=O) groups excluding carboxylic acids is 1. The minimum absolute atomic E-state index is 0.305. The molecule has 1 aromatic carbocycles. The van der Waals surface area contributed by atoms with E-state index in [2.05, 4.69) is 15.2 Å². The van der Waals surface area contributed by atoms with Crippen LogP contribution >= 0.6 is 0 Å². The Morgan fingerprint density at radius 3 is 2.87 bits per heavy atom. The summed E-state index contributed by atoms with van der Waals surface area (Å²) in [5, 5.41) is 12.7. The van der Waals surface area contributed by atoms with E-state index in [0.29, 0.717) is 29.1 Å². The minimum atomic E-state index is -0.677. The number of nitrogens with zero attached hydrogens (tertiary/aromatic N) is 2. The highest BCUT2D eigenvalue weighted by molar-refractivity contribution is 6.32. The van der Waals surface area contributed by atoms with Crippen molar-refractivity contribution in [1.29, 1.82) is 0 Å². The van der Waals surface area contributed by atoms with Crippen molar-refractivity contribution in [3.05, 3.63) is 65.3 Å². The first-order chi connectivity index (χ1) is 14.8. The first kappa shape index (κ1) is 19.8. The number of hydrogen-bond donors (Lipinski definition) is 2. The maximum Gasteiger partial charge on any atom is 0.260 e. The van der Waals surface area contributed by atoms with Crippen molar-refractivity contribution in [2.75, 3.05) is 23.3 Å². The quantitative estimate of drug-likeness (QED) is 0.723. The predicted octanol–water partition coefficient (Wildman–Crippen LogP) is 3.74. The molecule has 160 valence electrons. The average molecular weight is 421 g/mol. The van der Waals surface area contributed by atoms with E-state index in [1.54, 1.807) is 12.3 Å². The number of allylic oxidation sites excluding steroid dienone is 1. The molecule has 6 nitrogen and oxygen atoms in total. The number of aliphatic hydroxyl groups excluding tert-OH is 1. The van der Waals surface area contributed by atoms with E-state index < -0.39 is 11.4 Å². The molecule has 3 aliphatic heterocycles. The van der Waals surface area contributed by atoms with Gasteiger partial charge in [-0.25, -0.2) is 9.37 Å². The molecule has 0 bridgehead atoms. The van der Waals surface area contributed by atoms with Crippen LogP contribution in [0.3, 0.4) is 0 Å². The molecule has 0 spiro atoms. The fourth-order valence-electron chi connectivity index (χ4n) is 4.50. The van der Waals surface area contributed by atoms with Gasteiger partial charge in [-0.1, -0.05) is 0 Å². The van der Waals surface area contributed by atoms with Gasteiger partial charge in [-0.2, -0.15) is 0 Å². The van der Waals surface area contributed by atoms with E-state index in [1.165, 1.54) is 12.1 Å². The number of benzene rings is 1. The van der Waals surface area contributed by atoms with Gasteiger partial charge in [-0.15, -0.1) is 0 Å². The van der Waals surface area contributed by atoms with Crippen molar-refractivity contribution in [3.8, 4) is 0 Å². The van der Waals surface area contributed by atoms with Gasteiger partial charge in [0.25, 0.3) is 5.91 Å². The Morgan fingerprint density at radius 2 is 2.13 bits per heavy atom. The summed E-state index contributed by atoms with van der Waals surface area (Å²) in [5.41, 5.74) is 2.52. The highest BCUT2D eigenvalue weighted by Crippen LogP contribution is 2.44. The van der Waals surface area contributed by atoms with Crippen molar-refractivity contribution >= 4 is 28.6 Å². The number of ether oxygens (including phenoxy) is 1. The van der Waals surface area contributed by atoms with Crippen LogP contribution in [0.1, 0.15) is 37.8 Å². The van der Waals surface area contributed by atoms with E-state index in [-0.39, 0.29) is 12.0 Å². The van der Waals surface area contributed by atoms with Crippen LogP contribution in [0, 0.1) is 5.82 Å². The number of hydrogen-bond acceptors (Lipinski definition) is 5. The van der Waals surface area contributed by atoms with E-state index in [9.17, 15) is 14.3 Å². The van der Waals surface area contributed by atoms with Crippen molar-refractivity contribution < 1.29 is 19.0 Å². The van der Waals surface area contributed by atoms with Crippen LogP contribution in [-0.2, 0) is 9.53 Å². The van der Waals surface area contributed by atoms with E-state index in [0.717, 1.165) is 36.3 Å². The van der Waals surface area contributed by atoms with Gasteiger partial charge in [0.1, 0.15) is 23.0 Å². The lowest BCUT2D eigenvalue weighted by Gasteiger charge is -2.31. The van der Waals surface area contributed by atoms with E-state index in [1.807, 2.05) is 32.1 Å². The fraction of sp³-hybridized carbons (Fsp3) is 0.333. The number of halogens is 1. The third kappa shape index (κ3) is 3.49. The summed E-state index contributed by atoms with van der Waals surface area (Å²) in [4.78, 5) is 19.3. The largest absolute Gasteiger partial charge is 0.482 e. The molecular formula is C24H24FN3O3. The standard InChI is InChI=1S/C24H24FN3O3/c1-24(2)18(14-5-8-21(26-12-14)28-9-3-4-16(29)13-28)11-20(31-24)22-17-10-15(25)6-7-19(17)27-23(22)30/h5-8,10-12,16,29H,3-4,9,13H2,1-2H3,(H,27,30). The van der Waals surface area contributed by atoms with Crippen LogP contribution in [0.4, 0.5) is 15.9 Å². The maximum absolute atomic E-state index is 13.8. The van der Waals surface area contributed by atoms with Gasteiger partial charge in [0.05, 0.1) is 11.7 Å². The lowest BCUT2D eigenvalue weighted by molar-refractivity contribution is -0.111. The molecule has 7 heteroatoms. The molecule has 0 radical (unpaired) electrons. The number of carbonyl (C=O) groups is 1. The first-order valence-electron chi connectivity index (χ1n) is 10.5. The van der Waals surface area contributed by atoms with Crippen molar-refractivity contribution in [2.24, 2.45) is 0 Å². The zero-order valence-corrected chi connectivity index (χ0v) is 17.5. The Labute approximate surface area is 180 Å². The summed E-state index contributed by atoms with van der Waals surface area (Å²) in [6, 6.07) is 8.16. The van der Waals surface area contributed by atoms with Crippen LogP contribution in [-0.4, -0.2) is 40.8 Å². The van der Waals surface area contributed by atoms with Crippen molar-refractivity contribution in [3.63, 3.8) is 0 Å². The van der Waals surface area contributed by atoms with Crippen LogP contribution in [0.25, 0.3) is 11.1 Å². The molecule has 0 saturated carbocycles. The van der Waals surface area contributed by atoms with Crippen LogP contribution in [0.15, 0.2) is 48.4 Å². The molecule has 1 amide bonds. The molecule has 1 unspecified atom stereocenters. The molecule has 31 heavy (non-hydrogen) atoms. The summed E-state index contributed by atoms with van der Waals surface area (Å²) < 4.78 is 20.0. The van der Waals surface area contributed by atoms with Gasteiger partial charge in [0.15, 0.2) is 0 Å². The number of piperidine rings is 1. The smallest absolute Gasteiger partial charge is 0.260 e. The molecule has 2 aromatic rings. The summed E-state index contributed by atoms with van der Waals surface area (Å²) in [6.45, 7) is 5.33. The molecule has 5 rings (SSSR count). The van der Waals surface area contributed by atoms with Gasteiger partial charge in [0.2, 0.25) is 0 Å². The molecular weight excluding hydrogens is 397 g/mol. The minimum Gasteiger partial charge on any atom is -0.482 e. The normalized spacial score (nSPS) is 24.5. The summed E-state index contributed by atoms with van der Waals surface area (Å²) >= 11 is 0. The average Bonchev–Trinajstić information content (AvgIpc) is 3.22. The Balaban J connectivity index is 1.50. The number of nitrogens with one attached hydrogen (secondary N) is 1. The number of fused-ring (bicyclic) bond motifs is 1. The number of rotatable bonds is 2. The van der Waals surface area contributed by atoms with Gasteiger partial charge in [-0.3, -0.25) is 4.79 Å². The molecule has 4 heterocycles. The van der Waals surface area contributed by atoms with Gasteiger partial charge in [-0.05, 0) is 63.1 Å². The highest BCUT2D eigenvalue weighted by Gasteiger charge is 2.38. The monoisotopic (exact) mass is 421 g/mol. The lowest BCUT2D eigenvalue weighted by atomic mass is 9.93. The molecule has 2 N–H and O–H groups in total. The van der Waals surface area contributed by atoms with Gasteiger partial charge >= 0.3 is 0 Å². The lowest BCUT2D eigenvalue weighted by Crippen LogP contribution is -2.38. The first-order valence-corrected chi connectivity index (χ1v) is 10.5. The highest BCUT2D eigenvalue weighted by atomic mass is 19.1. The number of aromatic nitrogens is 1. The predicted molar refractivity (Wildman–Crippen MR) is 117 cm³/mol. The zero-order chi connectivity index (χ0) is 21.8. The SMILES string of the molecule is CC1(C)OC(=C2C(=O)Nc3ccc(F)cc32)C=C1c1ccc(N2CCCC(O)C2)nc1. The summed E-state index contributed by atoms with van der Waals surface area (Å²) in [6.07, 6.45) is 5.09. The number of anilines is 2. The Bertz CT molecular complexity index is 1120. The maximum atomic E-state index is 13.8. The van der Waals surface area contributed by atoms with Crippen molar-refractivity contribution in [1.82, 2.24) is 4.98 Å².